The minimum absolute atomic E-state index is 0.137. The molecular weight excluding hydrogens is 410 g/mol. The zero-order valence-electron chi connectivity index (χ0n) is 15.0. The molecule has 0 aliphatic heterocycles. The molecule has 0 fully saturated rings. The fraction of sp³-hybridized carbons (Fsp3) is 0.190. The highest BCUT2D eigenvalue weighted by molar-refractivity contribution is 9.10. The van der Waals surface area contributed by atoms with Gasteiger partial charge >= 0.3 is 0 Å². The molecule has 1 aromatic heterocycles. The fourth-order valence-corrected chi connectivity index (χ4v) is 2.73. The van der Waals surface area contributed by atoms with Gasteiger partial charge in [-0.15, -0.1) is 0 Å². The van der Waals surface area contributed by atoms with E-state index in [4.69, 9.17) is 14.3 Å². The molecule has 0 atom stereocenters. The second-order valence-electron chi connectivity index (χ2n) is 6.52. The van der Waals surface area contributed by atoms with Crippen molar-refractivity contribution in [3.05, 3.63) is 70.9 Å². The van der Waals surface area contributed by atoms with Crippen molar-refractivity contribution in [2.75, 3.05) is 5.32 Å². The molecule has 140 valence electrons. The van der Waals surface area contributed by atoms with Gasteiger partial charge in [-0.05, 0) is 74.5 Å². The minimum atomic E-state index is -1.04. The summed E-state index contributed by atoms with van der Waals surface area (Å²) in [6.07, 6.45) is 0. The second-order valence-corrected chi connectivity index (χ2v) is 7.44. The molecule has 3 rings (SSSR count). The van der Waals surface area contributed by atoms with Crippen molar-refractivity contribution in [1.82, 2.24) is 0 Å². The van der Waals surface area contributed by atoms with Crippen LogP contribution in [0, 0.1) is 0 Å². The van der Waals surface area contributed by atoms with Gasteiger partial charge in [0, 0.05) is 15.7 Å². The first-order valence-corrected chi connectivity index (χ1v) is 9.23. The van der Waals surface area contributed by atoms with E-state index in [0.717, 1.165) is 10.0 Å². The molecule has 2 aromatic carbocycles. The van der Waals surface area contributed by atoms with Crippen molar-refractivity contribution < 1.29 is 19.1 Å². The molecule has 3 aromatic rings. The van der Waals surface area contributed by atoms with Gasteiger partial charge in [0.05, 0.1) is 0 Å². The summed E-state index contributed by atoms with van der Waals surface area (Å²) in [6.45, 7) is 3.30. The Morgan fingerprint density at radius 2 is 1.74 bits per heavy atom. The molecule has 1 amide bonds. The molecule has 2 N–H and O–H groups in total. The number of carbonyl (C=O) groups excluding carboxylic acids is 1. The van der Waals surface area contributed by atoms with Crippen LogP contribution in [-0.4, -0.2) is 16.6 Å². The zero-order chi connectivity index (χ0) is 19.4. The van der Waals surface area contributed by atoms with Crippen LogP contribution in [0.25, 0.3) is 11.3 Å². The van der Waals surface area contributed by atoms with Crippen LogP contribution in [0.4, 0.5) is 5.69 Å². The van der Waals surface area contributed by atoms with Gasteiger partial charge in [-0.2, -0.15) is 0 Å². The molecular formula is C21H20BrNO4. The van der Waals surface area contributed by atoms with Crippen molar-refractivity contribution in [2.24, 2.45) is 0 Å². The predicted molar refractivity (Wildman–Crippen MR) is 108 cm³/mol. The normalized spacial score (nSPS) is 11.3. The molecule has 0 aliphatic carbocycles. The number of hydrogen-bond acceptors (Lipinski definition) is 4. The number of furan rings is 1. The van der Waals surface area contributed by atoms with E-state index in [2.05, 4.69) is 21.2 Å². The monoisotopic (exact) mass is 429 g/mol. The summed E-state index contributed by atoms with van der Waals surface area (Å²) >= 11 is 3.37. The Kier molecular flexibility index (Phi) is 5.68. The Morgan fingerprint density at radius 1 is 1.07 bits per heavy atom. The SMILES string of the molecule is CC(C)(Oc1ccc(Br)cc1)C(=O)Nc1ccc(-c2ccc(CO)o2)cc1. The van der Waals surface area contributed by atoms with Gasteiger partial charge in [-0.1, -0.05) is 15.9 Å². The maximum Gasteiger partial charge on any atom is 0.267 e. The molecule has 0 radical (unpaired) electrons. The van der Waals surface area contributed by atoms with Crippen molar-refractivity contribution in [3.63, 3.8) is 0 Å². The highest BCUT2D eigenvalue weighted by Gasteiger charge is 2.30. The van der Waals surface area contributed by atoms with Gasteiger partial charge in [0.25, 0.3) is 5.91 Å². The van der Waals surface area contributed by atoms with Crippen molar-refractivity contribution >= 4 is 27.5 Å². The van der Waals surface area contributed by atoms with Crippen LogP contribution in [0.5, 0.6) is 5.75 Å². The maximum atomic E-state index is 12.6. The molecule has 0 unspecified atom stereocenters. The third kappa shape index (κ3) is 4.78. The molecule has 0 bridgehead atoms. The van der Waals surface area contributed by atoms with Crippen LogP contribution >= 0.6 is 15.9 Å². The lowest BCUT2D eigenvalue weighted by Gasteiger charge is -2.25. The predicted octanol–water partition coefficient (Wildman–Crippen LogP) is 5.00. The van der Waals surface area contributed by atoms with Crippen LogP contribution in [0.15, 0.2) is 69.6 Å². The third-order valence-electron chi connectivity index (χ3n) is 3.98. The number of hydrogen-bond donors (Lipinski definition) is 2. The average molecular weight is 430 g/mol. The van der Waals surface area contributed by atoms with Crippen LogP contribution in [-0.2, 0) is 11.4 Å². The number of amides is 1. The number of rotatable bonds is 6. The number of benzene rings is 2. The maximum absolute atomic E-state index is 12.6. The van der Waals surface area contributed by atoms with Gasteiger partial charge in [0.15, 0.2) is 5.60 Å². The molecule has 0 saturated carbocycles. The summed E-state index contributed by atoms with van der Waals surface area (Å²) in [5.41, 5.74) is 0.479. The number of aliphatic hydroxyl groups is 1. The standard InChI is InChI=1S/C21H20BrNO4/c1-21(2,27-17-9-5-15(22)6-10-17)20(25)23-16-7-3-14(4-8-16)19-12-11-18(13-24)26-19/h3-12,24H,13H2,1-2H3,(H,23,25). The average Bonchev–Trinajstić information content (AvgIpc) is 3.13. The number of carbonyl (C=O) groups is 1. The summed E-state index contributed by atoms with van der Waals surface area (Å²) in [5.74, 6) is 1.54. The van der Waals surface area contributed by atoms with Crippen LogP contribution < -0.4 is 10.1 Å². The Balaban J connectivity index is 1.66. The summed E-state index contributed by atoms with van der Waals surface area (Å²) in [5, 5.41) is 11.9. The number of ether oxygens (including phenoxy) is 1. The summed E-state index contributed by atoms with van der Waals surface area (Å²) < 4.78 is 12.3. The Labute approximate surface area is 166 Å². The zero-order valence-corrected chi connectivity index (χ0v) is 16.6. The number of nitrogens with one attached hydrogen (secondary N) is 1. The van der Waals surface area contributed by atoms with Gasteiger partial charge in [0.1, 0.15) is 23.9 Å². The van der Waals surface area contributed by atoms with E-state index in [1.54, 1.807) is 50.2 Å². The van der Waals surface area contributed by atoms with Crippen LogP contribution in [0.2, 0.25) is 0 Å². The minimum Gasteiger partial charge on any atom is -0.478 e. The van der Waals surface area contributed by atoms with Gasteiger partial charge in [-0.3, -0.25) is 4.79 Å². The van der Waals surface area contributed by atoms with E-state index in [1.807, 2.05) is 24.3 Å². The third-order valence-corrected chi connectivity index (χ3v) is 4.51. The van der Waals surface area contributed by atoms with Crippen molar-refractivity contribution in [1.29, 1.82) is 0 Å². The van der Waals surface area contributed by atoms with Gasteiger partial charge < -0.3 is 19.6 Å². The first-order chi connectivity index (χ1) is 12.9. The lowest BCUT2D eigenvalue weighted by Crippen LogP contribution is -2.42. The van der Waals surface area contributed by atoms with E-state index in [0.29, 0.717) is 23.0 Å². The molecule has 0 aliphatic rings. The molecule has 1 heterocycles. The van der Waals surface area contributed by atoms with Crippen molar-refractivity contribution in [3.8, 4) is 17.1 Å². The van der Waals surface area contributed by atoms with E-state index in [1.165, 1.54) is 0 Å². The quantitative estimate of drug-likeness (QED) is 0.578. The van der Waals surface area contributed by atoms with E-state index < -0.39 is 5.60 Å². The topological polar surface area (TPSA) is 71.7 Å². The lowest BCUT2D eigenvalue weighted by molar-refractivity contribution is -0.128. The van der Waals surface area contributed by atoms with Gasteiger partial charge in [-0.25, -0.2) is 0 Å². The van der Waals surface area contributed by atoms with Gasteiger partial charge in [0.2, 0.25) is 0 Å². The molecule has 6 heteroatoms. The van der Waals surface area contributed by atoms with Crippen molar-refractivity contribution in [2.45, 2.75) is 26.1 Å². The number of anilines is 1. The van der Waals surface area contributed by atoms with E-state index in [-0.39, 0.29) is 12.5 Å². The Hall–Kier alpha value is -2.57. The number of aliphatic hydroxyl groups excluding tert-OH is 1. The second kappa shape index (κ2) is 7.98. The van der Waals surface area contributed by atoms with Crippen LogP contribution in [0.3, 0.4) is 0 Å². The Morgan fingerprint density at radius 3 is 2.33 bits per heavy atom. The molecule has 27 heavy (non-hydrogen) atoms. The molecule has 0 saturated heterocycles. The van der Waals surface area contributed by atoms with E-state index in [9.17, 15) is 4.79 Å². The summed E-state index contributed by atoms with van der Waals surface area (Å²) in [6, 6.07) is 18.1. The number of halogens is 1. The van der Waals surface area contributed by atoms with Crippen LogP contribution in [0.1, 0.15) is 19.6 Å². The highest BCUT2D eigenvalue weighted by Crippen LogP contribution is 2.25. The smallest absolute Gasteiger partial charge is 0.267 e. The lowest BCUT2D eigenvalue weighted by atomic mass is 10.1. The first kappa shape index (κ1) is 19.2. The molecule has 0 spiro atoms. The van der Waals surface area contributed by atoms with E-state index >= 15 is 0 Å². The largest absolute Gasteiger partial charge is 0.478 e. The summed E-state index contributed by atoms with van der Waals surface area (Å²) in [4.78, 5) is 12.6. The molecule has 5 nitrogen and oxygen atoms in total. The summed E-state index contributed by atoms with van der Waals surface area (Å²) in [7, 11) is 0. The Bertz CT molecular complexity index is 914. The first-order valence-electron chi connectivity index (χ1n) is 8.43. The fourth-order valence-electron chi connectivity index (χ4n) is 2.46. The highest BCUT2D eigenvalue weighted by atomic mass is 79.9.